The highest BCUT2D eigenvalue weighted by Crippen LogP contribution is 2.36. The van der Waals surface area contributed by atoms with Crippen LogP contribution in [0, 0.1) is 6.92 Å². The molecule has 1 aliphatic rings. The lowest BCUT2D eigenvalue weighted by molar-refractivity contribution is 0.458. The van der Waals surface area contributed by atoms with Crippen LogP contribution in [0.3, 0.4) is 0 Å². The molecule has 1 heterocycles. The van der Waals surface area contributed by atoms with Crippen molar-refractivity contribution in [3.05, 3.63) is 10.8 Å². The summed E-state index contributed by atoms with van der Waals surface area (Å²) in [4.78, 5) is 4.35. The van der Waals surface area contributed by atoms with E-state index < -0.39 is 0 Å². The van der Waals surface area contributed by atoms with Gasteiger partial charge in [-0.1, -0.05) is 12.8 Å². The molecule has 2 rings (SSSR count). The van der Waals surface area contributed by atoms with E-state index in [1.807, 2.05) is 6.92 Å². The molecule has 66 valence electrons. The first kappa shape index (κ1) is 8.13. The van der Waals surface area contributed by atoms with Gasteiger partial charge in [0.15, 0.2) is 0 Å². The quantitative estimate of drug-likeness (QED) is 0.719. The maximum atomic E-state index is 6.20. The summed E-state index contributed by atoms with van der Waals surface area (Å²) in [5.74, 6) is 0.853. The van der Waals surface area contributed by atoms with Crippen molar-refractivity contribution in [2.45, 2.75) is 38.1 Å². The first-order chi connectivity index (χ1) is 5.71. The van der Waals surface area contributed by atoms with Crippen LogP contribution in [0.25, 0.3) is 0 Å². The molecule has 0 atom stereocenters. The van der Waals surface area contributed by atoms with E-state index in [0.29, 0.717) is 0 Å². The highest BCUT2D eigenvalue weighted by atomic mass is 32.1. The fraction of sp³-hybridized carbons (Fsp3) is 0.750. The minimum absolute atomic E-state index is 0.147. The molecule has 1 aliphatic carbocycles. The van der Waals surface area contributed by atoms with Gasteiger partial charge in [0.25, 0.3) is 0 Å². The highest BCUT2D eigenvalue weighted by molar-refractivity contribution is 7.05. The van der Waals surface area contributed by atoms with Gasteiger partial charge >= 0.3 is 0 Å². The normalized spacial score (nSPS) is 21.5. The van der Waals surface area contributed by atoms with Crippen molar-refractivity contribution in [3.63, 3.8) is 0 Å². The van der Waals surface area contributed by atoms with Gasteiger partial charge in [0.1, 0.15) is 10.8 Å². The Kier molecular flexibility index (Phi) is 1.88. The maximum absolute atomic E-state index is 6.20. The lowest BCUT2D eigenvalue weighted by atomic mass is 10.0. The van der Waals surface area contributed by atoms with Crippen molar-refractivity contribution in [2.24, 2.45) is 5.73 Å². The van der Waals surface area contributed by atoms with Gasteiger partial charge in [-0.2, -0.15) is 4.37 Å². The molecule has 4 heteroatoms. The van der Waals surface area contributed by atoms with E-state index in [-0.39, 0.29) is 5.54 Å². The molecule has 3 nitrogen and oxygen atoms in total. The van der Waals surface area contributed by atoms with Gasteiger partial charge < -0.3 is 5.73 Å². The number of nitrogens with zero attached hydrogens (tertiary/aromatic N) is 2. The molecule has 2 N–H and O–H groups in total. The Hall–Kier alpha value is -0.480. The largest absolute Gasteiger partial charge is 0.319 e. The van der Waals surface area contributed by atoms with E-state index in [2.05, 4.69) is 9.36 Å². The summed E-state index contributed by atoms with van der Waals surface area (Å²) < 4.78 is 4.16. The third kappa shape index (κ3) is 1.25. The van der Waals surface area contributed by atoms with E-state index in [1.165, 1.54) is 24.4 Å². The maximum Gasteiger partial charge on any atom is 0.139 e. The van der Waals surface area contributed by atoms with Gasteiger partial charge in [-0.25, -0.2) is 4.98 Å². The molecule has 1 aromatic heterocycles. The second-order valence-electron chi connectivity index (χ2n) is 3.51. The number of rotatable bonds is 1. The van der Waals surface area contributed by atoms with Gasteiger partial charge in [-0.05, 0) is 31.3 Å². The molecule has 0 bridgehead atoms. The third-order valence-electron chi connectivity index (χ3n) is 2.45. The SMILES string of the molecule is Cc1nsc(C2(N)CCCC2)n1. The van der Waals surface area contributed by atoms with Crippen molar-refractivity contribution in [2.75, 3.05) is 0 Å². The summed E-state index contributed by atoms with van der Waals surface area (Å²) in [7, 11) is 0. The summed E-state index contributed by atoms with van der Waals surface area (Å²) in [5, 5.41) is 1.03. The number of hydrogen-bond donors (Lipinski definition) is 1. The van der Waals surface area contributed by atoms with Gasteiger partial charge in [-0.3, -0.25) is 0 Å². The van der Waals surface area contributed by atoms with E-state index in [4.69, 9.17) is 5.73 Å². The van der Waals surface area contributed by atoms with Crippen LogP contribution in [0.15, 0.2) is 0 Å². The molecule has 0 saturated heterocycles. The second kappa shape index (κ2) is 2.78. The van der Waals surface area contributed by atoms with Crippen molar-refractivity contribution in [3.8, 4) is 0 Å². The number of nitrogens with two attached hydrogens (primary N) is 1. The van der Waals surface area contributed by atoms with E-state index in [1.54, 1.807) is 0 Å². The predicted octanol–water partition coefficient (Wildman–Crippen LogP) is 1.57. The summed E-state index contributed by atoms with van der Waals surface area (Å²) in [6, 6.07) is 0. The Labute approximate surface area is 76.2 Å². The molecule has 12 heavy (non-hydrogen) atoms. The molecule has 0 spiro atoms. The van der Waals surface area contributed by atoms with Gasteiger partial charge in [0.2, 0.25) is 0 Å². The first-order valence-corrected chi connectivity index (χ1v) is 5.08. The number of hydrogen-bond acceptors (Lipinski definition) is 4. The van der Waals surface area contributed by atoms with Crippen LogP contribution in [0.1, 0.15) is 36.5 Å². The Morgan fingerprint density at radius 2 is 2.08 bits per heavy atom. The average molecular weight is 183 g/mol. The van der Waals surface area contributed by atoms with E-state index >= 15 is 0 Å². The van der Waals surface area contributed by atoms with Crippen molar-refractivity contribution >= 4 is 11.5 Å². The Balaban J connectivity index is 2.28. The van der Waals surface area contributed by atoms with Crippen LogP contribution in [-0.4, -0.2) is 9.36 Å². The molecule has 0 aromatic carbocycles. The summed E-state index contributed by atoms with van der Waals surface area (Å²) in [5.41, 5.74) is 6.05. The van der Waals surface area contributed by atoms with Crippen LogP contribution in [0.5, 0.6) is 0 Å². The van der Waals surface area contributed by atoms with Crippen LogP contribution in [0.4, 0.5) is 0 Å². The lowest BCUT2D eigenvalue weighted by Crippen LogP contribution is -2.32. The molecule has 0 unspecified atom stereocenters. The molecule has 1 aromatic rings. The molecule has 1 fully saturated rings. The first-order valence-electron chi connectivity index (χ1n) is 4.30. The van der Waals surface area contributed by atoms with Crippen LogP contribution < -0.4 is 5.73 Å². The Morgan fingerprint density at radius 1 is 1.42 bits per heavy atom. The molecular formula is C8H13N3S. The topological polar surface area (TPSA) is 51.8 Å². The monoisotopic (exact) mass is 183 g/mol. The fourth-order valence-electron chi connectivity index (χ4n) is 1.72. The zero-order valence-electron chi connectivity index (χ0n) is 7.21. The second-order valence-corrected chi connectivity index (χ2v) is 4.26. The predicted molar refractivity (Wildman–Crippen MR) is 49.0 cm³/mol. The Morgan fingerprint density at radius 3 is 2.58 bits per heavy atom. The highest BCUT2D eigenvalue weighted by Gasteiger charge is 2.34. The van der Waals surface area contributed by atoms with Crippen molar-refractivity contribution in [1.82, 2.24) is 9.36 Å². The summed E-state index contributed by atoms with van der Waals surface area (Å²) in [6.07, 6.45) is 4.60. The van der Waals surface area contributed by atoms with Gasteiger partial charge in [0, 0.05) is 0 Å². The standard InChI is InChI=1S/C8H13N3S/c1-6-10-7(12-11-6)8(9)4-2-3-5-8/h2-5,9H2,1H3. The number of aromatic nitrogens is 2. The summed E-state index contributed by atoms with van der Waals surface area (Å²) >= 11 is 1.46. The molecule has 0 amide bonds. The molecule has 1 saturated carbocycles. The van der Waals surface area contributed by atoms with Gasteiger partial charge in [0.05, 0.1) is 5.54 Å². The third-order valence-corrected chi connectivity index (χ3v) is 3.48. The van der Waals surface area contributed by atoms with Crippen molar-refractivity contribution < 1.29 is 0 Å². The minimum Gasteiger partial charge on any atom is -0.319 e. The molecule has 0 aliphatic heterocycles. The molecular weight excluding hydrogens is 170 g/mol. The zero-order chi connectivity index (χ0) is 8.60. The van der Waals surface area contributed by atoms with Gasteiger partial charge in [-0.15, -0.1) is 0 Å². The summed E-state index contributed by atoms with van der Waals surface area (Å²) in [6.45, 7) is 1.91. The average Bonchev–Trinajstić information content (AvgIpc) is 2.59. The number of aryl methyl sites for hydroxylation is 1. The smallest absolute Gasteiger partial charge is 0.139 e. The van der Waals surface area contributed by atoms with E-state index in [0.717, 1.165) is 23.7 Å². The van der Waals surface area contributed by atoms with Crippen LogP contribution in [0.2, 0.25) is 0 Å². The molecule has 0 radical (unpaired) electrons. The fourth-order valence-corrected chi connectivity index (χ4v) is 2.54. The minimum atomic E-state index is -0.147. The van der Waals surface area contributed by atoms with Crippen molar-refractivity contribution in [1.29, 1.82) is 0 Å². The van der Waals surface area contributed by atoms with Crippen LogP contribution >= 0.6 is 11.5 Å². The lowest BCUT2D eigenvalue weighted by Gasteiger charge is -2.18. The van der Waals surface area contributed by atoms with Crippen LogP contribution in [-0.2, 0) is 5.54 Å². The van der Waals surface area contributed by atoms with E-state index in [9.17, 15) is 0 Å². The Bertz CT molecular complexity index is 276. The zero-order valence-corrected chi connectivity index (χ0v) is 8.02.